The summed E-state index contributed by atoms with van der Waals surface area (Å²) in [7, 11) is -11.9. The predicted octanol–water partition coefficient (Wildman–Crippen LogP) is 20.8. The van der Waals surface area contributed by atoms with Crippen LogP contribution in [0.5, 0.6) is 5.75 Å². The number of ether oxygens (including phenoxy) is 1. The number of pyridine rings is 4. The van der Waals surface area contributed by atoms with Crippen molar-refractivity contribution in [3.05, 3.63) is 319 Å². The Balaban J connectivity index is 0.000000172. The van der Waals surface area contributed by atoms with Crippen LogP contribution in [-0.4, -0.2) is 112 Å². The van der Waals surface area contributed by atoms with Crippen molar-refractivity contribution in [2.24, 2.45) is 0 Å². The van der Waals surface area contributed by atoms with Crippen molar-refractivity contribution in [2.45, 2.75) is 54.2 Å². The fourth-order valence-corrected chi connectivity index (χ4v) is 17.5. The Labute approximate surface area is 756 Å². The van der Waals surface area contributed by atoms with Crippen molar-refractivity contribution in [1.82, 2.24) is 19.9 Å². The molecule has 0 fully saturated rings. The lowest BCUT2D eigenvalue weighted by Crippen LogP contribution is -2.39. The van der Waals surface area contributed by atoms with E-state index in [1.54, 1.807) is 82.3 Å². The molecular weight excluding hydrogens is 1880 g/mol. The van der Waals surface area contributed by atoms with E-state index in [1.165, 1.54) is 151 Å². The lowest BCUT2D eigenvalue weighted by atomic mass is 10.1. The molecule has 640 valence electrons. The second-order valence-electron chi connectivity index (χ2n) is 26.7. The van der Waals surface area contributed by atoms with Gasteiger partial charge in [0.25, 0.3) is 63.7 Å². The van der Waals surface area contributed by atoms with E-state index in [1.807, 2.05) is 19.1 Å². The van der Waals surface area contributed by atoms with Gasteiger partial charge in [-0.1, -0.05) is 140 Å². The summed E-state index contributed by atoms with van der Waals surface area (Å²) in [5.41, 5.74) is 3.67. The summed E-state index contributed by atoms with van der Waals surface area (Å²) in [5.74, 6) is -3.62. The molecule has 0 saturated carbocycles. The lowest BCUT2D eigenvalue weighted by molar-refractivity contribution is 0.0968. The molecule has 123 heavy (non-hydrogen) atoms. The number of hydrogen-bond donors (Lipinski definition) is 4. The number of aromatic nitrogens is 4. The lowest BCUT2D eigenvalue weighted by Gasteiger charge is -2.30. The first-order valence-corrected chi connectivity index (χ1v) is 45.2. The maximum Gasteiger partial charge on any atom is 0.279 e. The molecule has 0 atom stereocenters. The van der Waals surface area contributed by atoms with Gasteiger partial charge in [-0.3, -0.25) is 38.1 Å². The minimum atomic E-state index is -4.13. The van der Waals surface area contributed by atoms with E-state index in [0.717, 1.165) is 28.8 Å². The van der Waals surface area contributed by atoms with Gasteiger partial charge in [0, 0.05) is 82.8 Å². The molecule has 13 rings (SSSR count). The maximum atomic E-state index is 14.1. The van der Waals surface area contributed by atoms with Crippen molar-refractivity contribution in [3.63, 3.8) is 0 Å². The number of anilines is 8. The number of para-hydroxylation sites is 1. The zero-order valence-corrected chi connectivity index (χ0v) is 75.9. The van der Waals surface area contributed by atoms with Crippen LogP contribution in [0.1, 0.15) is 69.8 Å². The number of hydrogen-bond acceptors (Lipinski definition) is 17. The standard InChI is InChI=1S/C22H19Cl2N3O4S.2C20H16Cl3N3O3S.C20H15Cl2F2N3O3S/c1-13-3-6-20-19(9-13)27(7-8-31-20)22(28)21-18(11-15(23)12-25-21)26-32(29,30)16-4-5-17(24)14(2)10-16;1-12-8-16(6-7-17(12)23)30(28,29)25-18-10-14(22)11-24-19(18)20(27)26(2)15-5-3-4-13(21)9-15;1-12-9-14(7-8-15(12)22)30(28,29)25-17-10-13(21)11-24-19(17)20(27)26(2)18-6-4-3-5-16(18)23;1-11-7-14(4-5-15(11)22)31(29,30)26-17-8-12(21)10-25-19(17)20(28)27(2)18-6-3-13(23)9-16(18)24/h3-6,9-12,26H,7-8H2,1-2H3;2*3-11,25H,1-2H3;3-10,26H,1-2H3. The van der Waals surface area contributed by atoms with Crippen LogP contribution in [0, 0.1) is 46.3 Å². The van der Waals surface area contributed by atoms with E-state index < -0.39 is 75.4 Å². The number of halogens is 12. The normalized spacial score (nSPS) is 11.8. The minimum Gasteiger partial charge on any atom is -0.490 e. The van der Waals surface area contributed by atoms with Crippen LogP contribution in [-0.2, 0) is 40.1 Å². The van der Waals surface area contributed by atoms with Crippen LogP contribution in [0.25, 0.3) is 0 Å². The number of benzene rings is 8. The van der Waals surface area contributed by atoms with E-state index in [0.29, 0.717) is 94.4 Å². The van der Waals surface area contributed by atoms with Crippen molar-refractivity contribution in [3.8, 4) is 5.75 Å². The van der Waals surface area contributed by atoms with Crippen LogP contribution in [0.4, 0.5) is 54.3 Å². The number of aryl methyl sites for hydroxylation is 5. The van der Waals surface area contributed by atoms with Crippen molar-refractivity contribution in [2.75, 3.05) is 72.8 Å². The van der Waals surface area contributed by atoms with E-state index in [2.05, 4.69) is 38.8 Å². The molecule has 4 aromatic heterocycles. The number of sulfonamides is 4. The average molecular weight is 1950 g/mol. The highest BCUT2D eigenvalue weighted by Crippen LogP contribution is 2.38. The topological polar surface area (TPSA) is 327 Å². The number of amides is 4. The first-order chi connectivity index (χ1) is 57.8. The van der Waals surface area contributed by atoms with Crippen LogP contribution < -0.4 is 43.2 Å². The van der Waals surface area contributed by atoms with Crippen molar-refractivity contribution in [1.29, 1.82) is 0 Å². The Morgan fingerprint density at radius 3 is 1.14 bits per heavy atom. The van der Waals surface area contributed by atoms with Crippen LogP contribution in [0.3, 0.4) is 0 Å². The molecule has 0 spiro atoms. The highest BCUT2D eigenvalue weighted by Gasteiger charge is 2.32. The molecule has 0 aliphatic carbocycles. The summed E-state index contributed by atoms with van der Waals surface area (Å²) in [6, 6.07) is 43.9. The van der Waals surface area contributed by atoms with Crippen LogP contribution in [0.15, 0.2) is 226 Å². The molecule has 5 heterocycles. The monoisotopic (exact) mass is 1940 g/mol. The van der Waals surface area contributed by atoms with Gasteiger partial charge in [-0.05, 0) is 214 Å². The van der Waals surface area contributed by atoms with Crippen LogP contribution in [0.2, 0.25) is 50.2 Å². The molecule has 8 aromatic carbocycles. The largest absolute Gasteiger partial charge is 0.490 e. The van der Waals surface area contributed by atoms with E-state index in [9.17, 15) is 61.6 Å². The van der Waals surface area contributed by atoms with E-state index in [4.69, 9.17) is 121 Å². The van der Waals surface area contributed by atoms with Gasteiger partial charge in [0.15, 0.2) is 22.8 Å². The molecule has 0 unspecified atom stereocenters. The van der Waals surface area contributed by atoms with Gasteiger partial charge in [-0.15, -0.1) is 0 Å². The van der Waals surface area contributed by atoms with Gasteiger partial charge in [0.1, 0.15) is 24.0 Å². The summed E-state index contributed by atoms with van der Waals surface area (Å²) in [6.45, 7) is 9.24. The number of rotatable bonds is 19. The quantitative estimate of drug-likeness (QED) is 0.0584. The minimum absolute atomic E-state index is 0.00474. The first-order valence-electron chi connectivity index (χ1n) is 35.5. The van der Waals surface area contributed by atoms with Crippen molar-refractivity contribution < 1.29 is 66.4 Å². The number of nitrogens with zero attached hydrogens (tertiary/aromatic N) is 8. The zero-order valence-electron chi connectivity index (χ0n) is 65.1. The molecule has 1 aliphatic heterocycles. The fourth-order valence-electron chi connectivity index (χ4n) is 11.3. The summed E-state index contributed by atoms with van der Waals surface area (Å²) in [4.78, 5) is 73.5. The summed E-state index contributed by atoms with van der Waals surface area (Å²) in [6.07, 6.45) is 4.98. The second kappa shape index (κ2) is 40.2. The highest BCUT2D eigenvalue weighted by molar-refractivity contribution is 7.93. The molecule has 0 saturated heterocycles. The van der Waals surface area contributed by atoms with Gasteiger partial charge in [0.05, 0.1) is 91.1 Å². The summed E-state index contributed by atoms with van der Waals surface area (Å²) >= 11 is 60.1. The molecule has 41 heteroatoms. The second-order valence-corrected chi connectivity index (χ2v) is 37.6. The number of carbonyl (C=O) groups excluding carboxylic acids is 4. The molecule has 4 N–H and O–H groups in total. The Morgan fingerprint density at radius 2 is 0.756 bits per heavy atom. The van der Waals surface area contributed by atoms with Gasteiger partial charge >= 0.3 is 0 Å². The molecule has 0 bridgehead atoms. The number of fused-ring (bicyclic) bond motifs is 1. The number of nitrogens with one attached hydrogen (secondary N) is 4. The van der Waals surface area contributed by atoms with Gasteiger partial charge in [-0.25, -0.2) is 62.4 Å². The first kappa shape index (κ1) is 95.0. The molecule has 1 aliphatic rings. The zero-order chi connectivity index (χ0) is 90.1. The fraction of sp³-hybridized carbons (Fsp3) is 0.122. The Bertz CT molecular complexity index is 6660. The molecular formula is C82H66Cl10F2N12O13S4. The Hall–Kier alpha value is -10.2. The highest BCUT2D eigenvalue weighted by atomic mass is 35.5. The third kappa shape index (κ3) is 23.6. The van der Waals surface area contributed by atoms with Gasteiger partial charge < -0.3 is 24.3 Å². The predicted molar refractivity (Wildman–Crippen MR) is 481 cm³/mol. The summed E-state index contributed by atoms with van der Waals surface area (Å²) < 4.78 is 146. The van der Waals surface area contributed by atoms with E-state index >= 15 is 0 Å². The summed E-state index contributed by atoms with van der Waals surface area (Å²) in [5, 5.41) is 3.12. The third-order valence-corrected chi connectivity index (χ3v) is 26.3. The Kier molecular flexibility index (Phi) is 31.1. The van der Waals surface area contributed by atoms with Crippen molar-refractivity contribution >= 4 is 225 Å². The number of carbonyl (C=O) groups is 4. The maximum absolute atomic E-state index is 14.1. The smallest absolute Gasteiger partial charge is 0.279 e. The average Bonchev–Trinajstić information content (AvgIpc) is 0.794. The molecule has 0 radical (unpaired) electrons. The molecule has 12 aromatic rings. The Morgan fingerprint density at radius 1 is 0.382 bits per heavy atom. The SMILES string of the molecule is Cc1cc(S(=O)(=O)Nc2cc(Cl)cnc2C(=O)N(C)c2ccc(F)cc2F)ccc1Cl.Cc1cc(S(=O)(=O)Nc2cc(Cl)cnc2C(=O)N(C)c2cccc(Cl)c2)ccc1Cl.Cc1cc(S(=O)(=O)Nc2cc(Cl)cnc2C(=O)N(C)c2ccccc2Cl)ccc1Cl.Cc1ccc2c(c1)N(C(=O)c1ncc(Cl)cc1NS(=O)(=O)c1ccc(Cl)c(C)c1)CCO2. The molecule has 25 nitrogen and oxygen atoms in total. The van der Waals surface area contributed by atoms with Gasteiger partial charge in [0.2, 0.25) is 0 Å². The van der Waals surface area contributed by atoms with Gasteiger partial charge in [-0.2, -0.15) is 0 Å². The van der Waals surface area contributed by atoms with Crippen LogP contribution >= 0.6 is 116 Å². The van der Waals surface area contributed by atoms with E-state index in [-0.39, 0.29) is 90.9 Å². The molecule has 4 amide bonds. The third-order valence-electron chi connectivity index (χ3n) is 17.8.